The molecule has 11 nitrogen and oxygen atoms in total. The molecule has 11 heteroatoms. The lowest BCUT2D eigenvalue weighted by molar-refractivity contribution is -0.0503. The molecule has 0 aliphatic carbocycles. The Kier molecular flexibility index (Phi) is 3.72. The van der Waals surface area contributed by atoms with Crippen molar-refractivity contribution < 1.29 is 20.1 Å². The number of hydrogen-bond acceptors (Lipinski definition) is 9. The van der Waals surface area contributed by atoms with Gasteiger partial charge in [-0.15, -0.1) is 0 Å². The van der Waals surface area contributed by atoms with E-state index < -0.39 is 36.7 Å². The van der Waals surface area contributed by atoms with Gasteiger partial charge in [0.1, 0.15) is 18.3 Å². The van der Waals surface area contributed by atoms with Crippen LogP contribution in [-0.4, -0.2) is 73.9 Å². The summed E-state index contributed by atoms with van der Waals surface area (Å²) in [5, 5.41) is 29.4. The quantitative estimate of drug-likeness (QED) is 0.406. The van der Waals surface area contributed by atoms with Crippen LogP contribution < -0.4 is 16.2 Å². The fourth-order valence-electron chi connectivity index (χ4n) is 2.63. The second-order valence-electron chi connectivity index (χ2n) is 5.53. The predicted octanol–water partition coefficient (Wildman–Crippen LogP) is -2.62. The number of hydrogen-bond donors (Lipinski definition) is 5. The van der Waals surface area contributed by atoms with Gasteiger partial charge in [-0.2, -0.15) is 4.98 Å². The van der Waals surface area contributed by atoms with Gasteiger partial charge in [0.15, 0.2) is 17.4 Å². The SMILES string of the molecule is CN(C)c1nc2c(=O)[nH]c(N)nc2n1[C@H]1O[C@@H](CO)[C@@H](O)C1O. The first-order valence-electron chi connectivity index (χ1n) is 6.92. The zero-order valence-corrected chi connectivity index (χ0v) is 12.5. The number of aromatic nitrogens is 4. The molecule has 0 amide bonds. The molecule has 1 saturated heterocycles. The van der Waals surface area contributed by atoms with Crippen LogP contribution in [-0.2, 0) is 4.74 Å². The molecule has 0 bridgehead atoms. The zero-order valence-electron chi connectivity index (χ0n) is 12.5. The van der Waals surface area contributed by atoms with E-state index >= 15 is 0 Å². The maximum absolute atomic E-state index is 12.0. The van der Waals surface area contributed by atoms with Crippen molar-refractivity contribution in [3.05, 3.63) is 10.4 Å². The molecule has 0 spiro atoms. The van der Waals surface area contributed by atoms with Gasteiger partial charge in [-0.3, -0.25) is 14.3 Å². The maximum Gasteiger partial charge on any atom is 0.280 e. The first-order valence-corrected chi connectivity index (χ1v) is 6.92. The average Bonchev–Trinajstić information content (AvgIpc) is 2.99. The molecule has 23 heavy (non-hydrogen) atoms. The highest BCUT2D eigenvalue weighted by molar-refractivity contribution is 5.75. The third kappa shape index (κ3) is 2.34. The summed E-state index contributed by atoms with van der Waals surface area (Å²) in [6.45, 7) is -0.463. The summed E-state index contributed by atoms with van der Waals surface area (Å²) in [6.07, 6.45) is -4.64. The van der Waals surface area contributed by atoms with Crippen LogP contribution in [0.5, 0.6) is 0 Å². The Bertz CT molecular complexity index is 786. The lowest BCUT2D eigenvalue weighted by Crippen LogP contribution is -2.33. The second-order valence-corrected chi connectivity index (χ2v) is 5.53. The van der Waals surface area contributed by atoms with Gasteiger partial charge in [0.05, 0.1) is 6.61 Å². The molecule has 126 valence electrons. The molecular formula is C12H18N6O5. The third-order valence-corrected chi connectivity index (χ3v) is 3.72. The summed E-state index contributed by atoms with van der Waals surface area (Å²) in [4.78, 5) is 24.2. The Labute approximate surface area is 129 Å². The number of aliphatic hydroxyl groups excluding tert-OH is 3. The van der Waals surface area contributed by atoms with Crippen molar-refractivity contribution in [1.82, 2.24) is 19.5 Å². The Morgan fingerprint density at radius 2 is 2.04 bits per heavy atom. The lowest BCUT2D eigenvalue weighted by atomic mass is 10.1. The number of fused-ring (bicyclic) bond motifs is 1. The molecule has 1 aliphatic heterocycles. The second kappa shape index (κ2) is 5.45. The highest BCUT2D eigenvalue weighted by atomic mass is 16.6. The number of nitrogens with zero attached hydrogens (tertiary/aromatic N) is 4. The summed E-state index contributed by atoms with van der Waals surface area (Å²) in [7, 11) is 3.38. The van der Waals surface area contributed by atoms with Crippen LogP contribution in [0.15, 0.2) is 4.79 Å². The van der Waals surface area contributed by atoms with Crippen molar-refractivity contribution in [2.75, 3.05) is 31.3 Å². The summed E-state index contributed by atoms with van der Waals surface area (Å²) in [5.74, 6) is 0.180. The molecule has 3 rings (SSSR count). The van der Waals surface area contributed by atoms with Gasteiger partial charge >= 0.3 is 0 Å². The summed E-state index contributed by atoms with van der Waals surface area (Å²) < 4.78 is 6.89. The number of aliphatic hydroxyl groups is 3. The van der Waals surface area contributed by atoms with Crippen LogP contribution in [0.1, 0.15) is 6.23 Å². The fraction of sp³-hybridized carbons (Fsp3) is 0.583. The number of anilines is 2. The number of imidazole rings is 1. The van der Waals surface area contributed by atoms with Crippen LogP contribution >= 0.6 is 0 Å². The molecule has 0 aromatic carbocycles. The van der Waals surface area contributed by atoms with E-state index in [4.69, 9.17) is 10.5 Å². The van der Waals surface area contributed by atoms with E-state index in [9.17, 15) is 20.1 Å². The van der Waals surface area contributed by atoms with Gasteiger partial charge < -0.3 is 30.7 Å². The minimum Gasteiger partial charge on any atom is -0.394 e. The van der Waals surface area contributed by atoms with E-state index in [1.165, 1.54) is 4.57 Å². The van der Waals surface area contributed by atoms with Gasteiger partial charge in [-0.1, -0.05) is 0 Å². The molecule has 4 atom stereocenters. The Morgan fingerprint density at radius 3 is 2.61 bits per heavy atom. The molecule has 0 radical (unpaired) electrons. The minimum absolute atomic E-state index is 0.0284. The first kappa shape index (κ1) is 15.7. The number of nitrogens with one attached hydrogen (secondary N) is 1. The van der Waals surface area contributed by atoms with Crippen LogP contribution in [0.2, 0.25) is 0 Å². The van der Waals surface area contributed by atoms with Crippen molar-refractivity contribution >= 4 is 23.1 Å². The standard InChI is InChI=1S/C12H18N6O5/c1-17(2)12-14-5-8(15-11(13)16-9(5)22)18(12)10-7(21)6(20)4(3-19)23-10/h4,6-7,10,19-21H,3H2,1-2H3,(H3,13,15,16,22)/t4-,6+,7?,10-/m0/s1. The lowest BCUT2D eigenvalue weighted by Gasteiger charge is -2.22. The van der Waals surface area contributed by atoms with Crippen molar-refractivity contribution in [2.45, 2.75) is 24.5 Å². The predicted molar refractivity (Wildman–Crippen MR) is 79.9 cm³/mol. The number of nitrogen functional groups attached to an aromatic ring is 1. The molecule has 1 aliphatic rings. The number of nitrogens with two attached hydrogens (primary N) is 1. The maximum atomic E-state index is 12.0. The summed E-state index contributed by atoms with van der Waals surface area (Å²) in [5.41, 5.74) is 5.20. The Morgan fingerprint density at radius 1 is 1.35 bits per heavy atom. The van der Waals surface area contributed by atoms with E-state index in [1.807, 2.05) is 0 Å². The van der Waals surface area contributed by atoms with Gasteiger partial charge in [-0.25, -0.2) is 4.98 Å². The van der Waals surface area contributed by atoms with Gasteiger partial charge in [-0.05, 0) is 0 Å². The Hall–Kier alpha value is -2.21. The molecule has 6 N–H and O–H groups in total. The molecule has 2 aromatic rings. The van der Waals surface area contributed by atoms with Crippen molar-refractivity contribution in [3.8, 4) is 0 Å². The molecule has 3 heterocycles. The third-order valence-electron chi connectivity index (χ3n) is 3.72. The number of H-pyrrole nitrogens is 1. The monoisotopic (exact) mass is 326 g/mol. The van der Waals surface area contributed by atoms with Crippen LogP contribution in [0.25, 0.3) is 11.2 Å². The largest absolute Gasteiger partial charge is 0.394 e. The van der Waals surface area contributed by atoms with Gasteiger partial charge in [0, 0.05) is 14.1 Å². The van der Waals surface area contributed by atoms with Crippen LogP contribution in [0, 0.1) is 0 Å². The van der Waals surface area contributed by atoms with Crippen LogP contribution in [0.4, 0.5) is 11.9 Å². The molecule has 2 aromatic heterocycles. The number of ether oxygens (including phenoxy) is 1. The molecule has 1 fully saturated rings. The molecule has 0 saturated carbocycles. The Balaban J connectivity index is 2.23. The van der Waals surface area contributed by atoms with E-state index in [2.05, 4.69) is 15.0 Å². The normalized spacial score (nSPS) is 27.7. The van der Waals surface area contributed by atoms with Gasteiger partial charge in [0.25, 0.3) is 5.56 Å². The summed E-state index contributed by atoms with van der Waals surface area (Å²) >= 11 is 0. The topological polar surface area (TPSA) is 163 Å². The van der Waals surface area contributed by atoms with Crippen molar-refractivity contribution in [3.63, 3.8) is 0 Å². The highest BCUT2D eigenvalue weighted by Gasteiger charge is 2.45. The van der Waals surface area contributed by atoms with Crippen molar-refractivity contribution in [1.29, 1.82) is 0 Å². The minimum atomic E-state index is -1.33. The number of aromatic amines is 1. The smallest absolute Gasteiger partial charge is 0.280 e. The summed E-state index contributed by atoms with van der Waals surface area (Å²) in [6, 6.07) is 0. The van der Waals surface area contributed by atoms with E-state index in [0.29, 0.717) is 5.95 Å². The van der Waals surface area contributed by atoms with E-state index in [0.717, 1.165) is 0 Å². The average molecular weight is 326 g/mol. The first-order chi connectivity index (χ1) is 10.8. The van der Waals surface area contributed by atoms with Crippen molar-refractivity contribution in [2.24, 2.45) is 0 Å². The van der Waals surface area contributed by atoms with E-state index in [-0.39, 0.29) is 17.1 Å². The molecular weight excluding hydrogens is 308 g/mol. The van der Waals surface area contributed by atoms with Crippen LogP contribution in [0.3, 0.4) is 0 Å². The van der Waals surface area contributed by atoms with E-state index in [1.54, 1.807) is 19.0 Å². The highest BCUT2D eigenvalue weighted by Crippen LogP contribution is 2.34. The zero-order chi connectivity index (χ0) is 16.9. The fourth-order valence-corrected chi connectivity index (χ4v) is 2.63. The van der Waals surface area contributed by atoms with Gasteiger partial charge in [0.2, 0.25) is 11.9 Å². The number of rotatable bonds is 3. The molecule has 1 unspecified atom stereocenters.